The Morgan fingerprint density at radius 2 is 1.94 bits per heavy atom. The van der Waals surface area contributed by atoms with Crippen molar-refractivity contribution < 1.29 is 23.9 Å². The highest BCUT2D eigenvalue weighted by Crippen LogP contribution is 2.44. The van der Waals surface area contributed by atoms with Gasteiger partial charge in [-0.25, -0.2) is 0 Å². The molecule has 0 aromatic heterocycles. The van der Waals surface area contributed by atoms with Gasteiger partial charge in [0.1, 0.15) is 5.92 Å². The molecule has 0 saturated carbocycles. The van der Waals surface area contributed by atoms with Crippen LogP contribution in [-0.4, -0.2) is 43.8 Å². The van der Waals surface area contributed by atoms with Crippen molar-refractivity contribution in [2.45, 2.75) is 26.7 Å². The van der Waals surface area contributed by atoms with Gasteiger partial charge < -0.3 is 20.1 Å². The third-order valence-electron chi connectivity index (χ3n) is 4.71. The lowest BCUT2D eigenvalue weighted by Crippen LogP contribution is -2.44. The molecule has 1 aromatic rings. The fraction of sp³-hybridized carbons (Fsp3) is 0.455. The predicted octanol–water partition coefficient (Wildman–Crippen LogP) is 3.64. The number of ether oxygens (including phenoxy) is 2. The number of halogens is 2. The van der Waals surface area contributed by atoms with Gasteiger partial charge >= 0.3 is 5.97 Å². The lowest BCUT2D eigenvalue weighted by Gasteiger charge is -2.31. The number of carbonyl (C=O) groups is 3. The molecular weight excluding hydrogens is 489 g/mol. The van der Waals surface area contributed by atoms with Gasteiger partial charge in [-0.15, -0.1) is 0 Å². The summed E-state index contributed by atoms with van der Waals surface area (Å²) in [6, 6.07) is 5.09. The Morgan fingerprint density at radius 1 is 1.30 bits per heavy atom. The number of esters is 1. The molecule has 1 aliphatic heterocycles. The third kappa shape index (κ3) is 6.56. The molecule has 2 N–H and O–H groups in total. The fourth-order valence-corrected chi connectivity index (χ4v) is 4.72. The Kier molecular flexibility index (Phi) is 9.89. The summed E-state index contributed by atoms with van der Waals surface area (Å²) < 4.78 is 10.3. The van der Waals surface area contributed by atoms with Crippen LogP contribution in [0.25, 0.3) is 0 Å². The van der Waals surface area contributed by atoms with E-state index in [1.54, 1.807) is 6.92 Å². The van der Waals surface area contributed by atoms with Gasteiger partial charge in [0.15, 0.2) is 5.75 Å². The Bertz CT molecular complexity index is 983. The third-order valence-corrected chi connectivity index (χ3v) is 6.29. The average molecular weight is 514 g/mol. The Balaban J connectivity index is 2.51. The van der Waals surface area contributed by atoms with E-state index in [4.69, 9.17) is 32.7 Å². The minimum absolute atomic E-state index is 0.0199. The van der Waals surface area contributed by atoms with Crippen LogP contribution >= 0.6 is 35.0 Å². The number of hydrogen-bond acceptors (Lipinski definition) is 7. The van der Waals surface area contributed by atoms with E-state index >= 15 is 0 Å². The maximum atomic E-state index is 12.9. The molecule has 178 valence electrons. The molecule has 11 heteroatoms. The van der Waals surface area contributed by atoms with E-state index in [-0.39, 0.29) is 44.0 Å². The van der Waals surface area contributed by atoms with Crippen molar-refractivity contribution in [3.8, 4) is 11.8 Å². The van der Waals surface area contributed by atoms with Crippen molar-refractivity contribution in [2.24, 2.45) is 11.8 Å². The topological polar surface area (TPSA) is 118 Å². The molecule has 33 heavy (non-hydrogen) atoms. The number of allylic oxidation sites excluding steroid dienone is 1. The zero-order valence-electron chi connectivity index (χ0n) is 18.7. The minimum Gasteiger partial charge on any atom is -0.491 e. The van der Waals surface area contributed by atoms with E-state index in [1.165, 1.54) is 12.1 Å². The van der Waals surface area contributed by atoms with E-state index in [9.17, 15) is 19.6 Å². The molecule has 8 nitrogen and oxygen atoms in total. The van der Waals surface area contributed by atoms with Crippen LogP contribution in [0.2, 0.25) is 10.0 Å². The fourth-order valence-electron chi connectivity index (χ4n) is 3.23. The quantitative estimate of drug-likeness (QED) is 0.382. The van der Waals surface area contributed by atoms with Crippen LogP contribution in [0, 0.1) is 23.2 Å². The van der Waals surface area contributed by atoms with Gasteiger partial charge in [-0.3, -0.25) is 14.4 Å². The van der Waals surface area contributed by atoms with Crippen molar-refractivity contribution in [3.05, 3.63) is 38.3 Å². The summed E-state index contributed by atoms with van der Waals surface area (Å²) in [5.41, 5.74) is 0.473. The first-order valence-corrected chi connectivity index (χ1v) is 11.9. The maximum absolute atomic E-state index is 12.9. The molecule has 0 spiro atoms. The van der Waals surface area contributed by atoms with Crippen molar-refractivity contribution in [2.75, 3.05) is 26.0 Å². The van der Waals surface area contributed by atoms with Crippen LogP contribution in [0.4, 0.5) is 0 Å². The molecule has 2 amide bonds. The first kappa shape index (κ1) is 26.8. The number of methoxy groups -OCH3 is 1. The number of nitrogens with one attached hydrogen (secondary N) is 2. The van der Waals surface area contributed by atoms with Crippen LogP contribution < -0.4 is 15.4 Å². The second-order valence-electron chi connectivity index (χ2n) is 7.56. The molecule has 2 atom stereocenters. The zero-order valence-corrected chi connectivity index (χ0v) is 21.0. The lowest BCUT2D eigenvalue weighted by atomic mass is 9.78. The average Bonchev–Trinajstić information content (AvgIpc) is 2.77. The Labute approximate surface area is 207 Å². The van der Waals surface area contributed by atoms with E-state index in [0.29, 0.717) is 18.7 Å². The van der Waals surface area contributed by atoms with E-state index in [1.807, 2.05) is 13.8 Å². The van der Waals surface area contributed by atoms with Gasteiger partial charge in [0.2, 0.25) is 11.8 Å². The molecule has 0 aliphatic carbocycles. The number of carbonyl (C=O) groups excluding carboxylic acids is 3. The summed E-state index contributed by atoms with van der Waals surface area (Å²) >= 11 is 13.7. The van der Waals surface area contributed by atoms with Gasteiger partial charge in [0.05, 0.1) is 46.2 Å². The summed E-state index contributed by atoms with van der Waals surface area (Å²) in [7, 11) is 1.16. The molecule has 1 aliphatic rings. The number of hydrogen-bond donors (Lipinski definition) is 2. The molecule has 0 fully saturated rings. The highest BCUT2D eigenvalue weighted by atomic mass is 35.5. The number of nitriles is 1. The van der Waals surface area contributed by atoms with Crippen LogP contribution in [-0.2, 0) is 19.1 Å². The summed E-state index contributed by atoms with van der Waals surface area (Å²) in [5, 5.41) is 15.8. The number of thioether (sulfide) groups is 1. The van der Waals surface area contributed by atoms with Crippen molar-refractivity contribution in [3.63, 3.8) is 0 Å². The number of rotatable bonds is 9. The van der Waals surface area contributed by atoms with Crippen LogP contribution in [0.1, 0.15) is 32.3 Å². The summed E-state index contributed by atoms with van der Waals surface area (Å²) in [6.07, 6.45) is 0. The molecule has 0 bridgehead atoms. The van der Waals surface area contributed by atoms with Crippen LogP contribution in [0.5, 0.6) is 5.75 Å². The SMILES string of the molecule is CCOc1c(Cl)cc([C@@H]2C(C#N)=C(SCC(=O)NCC(C)C)NC(=O)[C@H]2C(=O)OC)cc1Cl. The van der Waals surface area contributed by atoms with Gasteiger partial charge in [0, 0.05) is 12.5 Å². The van der Waals surface area contributed by atoms with E-state index in [2.05, 4.69) is 16.7 Å². The van der Waals surface area contributed by atoms with Crippen LogP contribution in [0.3, 0.4) is 0 Å². The second kappa shape index (κ2) is 12.2. The lowest BCUT2D eigenvalue weighted by molar-refractivity contribution is -0.150. The summed E-state index contributed by atoms with van der Waals surface area (Å²) in [5.74, 6) is -3.54. The maximum Gasteiger partial charge on any atom is 0.319 e. The van der Waals surface area contributed by atoms with Crippen molar-refractivity contribution in [1.82, 2.24) is 10.6 Å². The van der Waals surface area contributed by atoms with Crippen molar-refractivity contribution >= 4 is 52.7 Å². The Morgan fingerprint density at radius 3 is 2.45 bits per heavy atom. The predicted molar refractivity (Wildman–Crippen MR) is 127 cm³/mol. The van der Waals surface area contributed by atoms with Crippen molar-refractivity contribution in [1.29, 1.82) is 5.26 Å². The van der Waals surface area contributed by atoms with E-state index in [0.717, 1.165) is 18.9 Å². The van der Waals surface area contributed by atoms with Gasteiger partial charge in [-0.1, -0.05) is 48.8 Å². The Hall–Kier alpha value is -2.41. The zero-order chi connectivity index (χ0) is 24.7. The van der Waals surface area contributed by atoms with Gasteiger partial charge in [-0.2, -0.15) is 5.26 Å². The number of benzene rings is 1. The number of amides is 2. The summed E-state index contributed by atoms with van der Waals surface area (Å²) in [6.45, 7) is 6.55. The molecule has 0 unspecified atom stereocenters. The molecule has 1 aromatic carbocycles. The molecule has 2 rings (SSSR count). The van der Waals surface area contributed by atoms with E-state index < -0.39 is 23.7 Å². The molecule has 0 saturated heterocycles. The monoisotopic (exact) mass is 513 g/mol. The van der Waals surface area contributed by atoms with Gasteiger partial charge in [0.25, 0.3) is 0 Å². The molecule has 1 heterocycles. The highest BCUT2D eigenvalue weighted by molar-refractivity contribution is 8.03. The second-order valence-corrected chi connectivity index (χ2v) is 9.36. The molecular formula is C22H25Cl2N3O5S. The number of nitrogens with zero attached hydrogens (tertiary/aromatic N) is 1. The van der Waals surface area contributed by atoms with Gasteiger partial charge in [-0.05, 0) is 30.5 Å². The standard InChI is InChI=1S/C22H25Cl2N3O5S/c1-5-32-19-14(23)6-12(7-15(19)24)17-13(8-25)21(27-20(29)18(17)22(30)31-4)33-10-16(28)26-9-11(2)3/h6-7,11,17-18H,5,9-10H2,1-4H3,(H,26,28)(H,27,29)/t17-,18+/m1/s1. The first-order valence-electron chi connectivity index (χ1n) is 10.2. The minimum atomic E-state index is -1.34. The van der Waals surface area contributed by atoms with Crippen LogP contribution in [0.15, 0.2) is 22.7 Å². The smallest absolute Gasteiger partial charge is 0.319 e. The molecule has 0 radical (unpaired) electrons. The summed E-state index contributed by atoms with van der Waals surface area (Å²) in [4.78, 5) is 37.5. The largest absolute Gasteiger partial charge is 0.491 e. The highest BCUT2D eigenvalue weighted by Gasteiger charge is 2.44. The normalized spacial score (nSPS) is 17.9. The first-order chi connectivity index (χ1) is 15.6.